The first-order valence-electron chi connectivity index (χ1n) is 22.0. The maximum absolute atomic E-state index is 14.1. The molecule has 64 heavy (non-hydrogen) atoms. The normalized spacial score (nSPS) is 19.4. The molecule has 2 fully saturated rings. The molecule has 9 rings (SSSR count). The topological polar surface area (TPSA) is 184 Å². The number of carbonyl (C=O) groups is 1. The second kappa shape index (κ2) is 18.1. The molecule has 1 atom stereocenters. The molecule has 3 aromatic carbocycles. The number of nitro benzene ring substituents is 1. The number of rotatable bonds is 12. The number of nitrogens with one attached hydrogen (secondary N) is 4. The van der Waals surface area contributed by atoms with Crippen LogP contribution in [0.1, 0.15) is 68.3 Å². The van der Waals surface area contributed by atoms with Crippen molar-refractivity contribution in [3.8, 4) is 17.2 Å². The van der Waals surface area contributed by atoms with Gasteiger partial charge in [-0.05, 0) is 110 Å². The van der Waals surface area contributed by atoms with Gasteiger partial charge in [0.15, 0.2) is 11.4 Å². The van der Waals surface area contributed by atoms with Gasteiger partial charge in [0.25, 0.3) is 21.6 Å². The van der Waals surface area contributed by atoms with Crippen LogP contribution in [0.4, 0.5) is 17.1 Å². The molecule has 1 amide bonds. The number of anilines is 2. The number of nitrogens with zero attached hydrogens (tertiary/aromatic N) is 4. The fourth-order valence-corrected chi connectivity index (χ4v) is 10.6. The van der Waals surface area contributed by atoms with E-state index in [0.717, 1.165) is 107 Å². The lowest BCUT2D eigenvalue weighted by Crippen LogP contribution is -2.47. The lowest BCUT2D eigenvalue weighted by Gasteiger charge is -2.39. The Hall–Kier alpha value is -5.68. The molecule has 0 spiro atoms. The summed E-state index contributed by atoms with van der Waals surface area (Å²) >= 11 is 6.25. The van der Waals surface area contributed by atoms with Crippen molar-refractivity contribution in [2.24, 2.45) is 11.3 Å². The van der Waals surface area contributed by atoms with Crippen LogP contribution in [0.2, 0.25) is 5.02 Å². The molecule has 5 aromatic rings. The number of sulfonamides is 1. The molecule has 0 bridgehead atoms. The van der Waals surface area contributed by atoms with Gasteiger partial charge in [-0.25, -0.2) is 18.1 Å². The average molecular weight is 910 g/mol. The highest BCUT2D eigenvalue weighted by molar-refractivity contribution is 7.90. The molecule has 5 heterocycles. The minimum absolute atomic E-state index is 0.0334. The molecule has 3 aliphatic heterocycles. The number of hydrogen-bond acceptors (Lipinski definition) is 12. The summed E-state index contributed by atoms with van der Waals surface area (Å²) in [7, 11) is -4.64. The van der Waals surface area contributed by atoms with Crippen molar-refractivity contribution in [1.29, 1.82) is 0 Å². The number of halogens is 1. The number of fused-ring (bicyclic) bond motifs is 2. The van der Waals surface area contributed by atoms with Crippen molar-refractivity contribution in [2.75, 3.05) is 62.6 Å². The van der Waals surface area contributed by atoms with Gasteiger partial charge in [0.2, 0.25) is 0 Å². The summed E-state index contributed by atoms with van der Waals surface area (Å²) in [5.41, 5.74) is 5.41. The standard InChI is InChI=1S/C47H53ClN8O7S/c1-47(2)13-9-33(40(26-47)31-3-5-34(48)6-4-31)28-54-17-19-55(20-18-54)36-7-8-39(42(23-36)63-37-22-32-12-16-50-45(32)51-27-37)46(57)53-64(60,61)38-24-41(56(58)59)44-43(25-38)62-29-35(52-44)21-30-10-14-49-15-11-30/h3-8,12,16,22-25,27,30,35,49,52H,9-11,13-15,17-21,26,28-29H2,1-2H3,(H,50,51)(H,53,57)/t35-/m1/s1. The number of carbonyl (C=O) groups excluding carboxylic acids is 1. The third-order valence-electron chi connectivity index (χ3n) is 13.0. The molecule has 0 unspecified atom stereocenters. The number of pyridine rings is 1. The molecule has 4 aliphatic rings. The van der Waals surface area contributed by atoms with Crippen LogP contribution in [0.5, 0.6) is 17.2 Å². The van der Waals surface area contributed by atoms with E-state index in [1.54, 1.807) is 30.5 Å². The fraction of sp³-hybridized carbons (Fsp3) is 0.404. The number of hydrogen-bond donors (Lipinski definition) is 4. The first kappa shape index (κ1) is 43.6. The van der Waals surface area contributed by atoms with E-state index >= 15 is 0 Å². The maximum atomic E-state index is 14.1. The highest BCUT2D eigenvalue weighted by atomic mass is 35.5. The van der Waals surface area contributed by atoms with E-state index in [1.807, 2.05) is 18.2 Å². The van der Waals surface area contributed by atoms with Gasteiger partial charge in [-0.3, -0.25) is 19.8 Å². The average Bonchev–Trinajstić information content (AvgIpc) is 3.75. The minimum Gasteiger partial charge on any atom is -0.489 e. The van der Waals surface area contributed by atoms with Crippen LogP contribution in [0.3, 0.4) is 0 Å². The van der Waals surface area contributed by atoms with Crippen molar-refractivity contribution in [2.45, 2.75) is 63.3 Å². The SMILES string of the molecule is CC1(C)CCC(CN2CCN(c3ccc(C(=O)NS(=O)(=O)c4cc5c(c([N+](=O)[O-])c4)N[C@H](CC4CCNCC4)CO5)c(Oc4cnc5[nH]ccc5c4)c3)CC2)=C(c2ccc(Cl)cc2)C1. The molecule has 15 nitrogen and oxygen atoms in total. The van der Waals surface area contributed by atoms with Crippen molar-refractivity contribution in [1.82, 2.24) is 24.9 Å². The molecular weight excluding hydrogens is 856 g/mol. The number of allylic oxidation sites excluding steroid dienone is 1. The first-order chi connectivity index (χ1) is 30.8. The summed E-state index contributed by atoms with van der Waals surface area (Å²) in [6.45, 7) is 10.7. The Morgan fingerprint density at radius 3 is 2.59 bits per heavy atom. The Labute approximate surface area is 377 Å². The summed E-state index contributed by atoms with van der Waals surface area (Å²) in [6, 6.07) is 18.9. The van der Waals surface area contributed by atoms with Crippen molar-refractivity contribution >= 4 is 61.2 Å². The second-order valence-corrected chi connectivity index (χ2v) is 20.3. The van der Waals surface area contributed by atoms with Crippen molar-refractivity contribution in [3.05, 3.63) is 111 Å². The zero-order valence-corrected chi connectivity index (χ0v) is 37.6. The van der Waals surface area contributed by atoms with Gasteiger partial charge < -0.3 is 30.0 Å². The predicted molar refractivity (Wildman–Crippen MR) is 248 cm³/mol. The van der Waals surface area contributed by atoms with E-state index in [1.165, 1.54) is 29.0 Å². The number of piperazine rings is 1. The Kier molecular flexibility index (Phi) is 12.3. The number of aromatic nitrogens is 2. The van der Waals surface area contributed by atoms with Crippen LogP contribution in [0.15, 0.2) is 89.6 Å². The first-order valence-corrected chi connectivity index (χ1v) is 23.8. The van der Waals surface area contributed by atoms with Gasteiger partial charge in [0, 0.05) is 73.2 Å². The van der Waals surface area contributed by atoms with E-state index in [2.05, 4.69) is 61.1 Å². The van der Waals surface area contributed by atoms with E-state index in [4.69, 9.17) is 21.1 Å². The number of amides is 1. The lowest BCUT2D eigenvalue weighted by atomic mass is 9.72. The molecule has 1 aliphatic carbocycles. The summed E-state index contributed by atoms with van der Waals surface area (Å²) in [4.78, 5) is 37.5. The third kappa shape index (κ3) is 9.70. The fourth-order valence-electron chi connectivity index (χ4n) is 9.43. The Balaban J connectivity index is 0.938. The Morgan fingerprint density at radius 1 is 1.05 bits per heavy atom. The van der Waals surface area contributed by atoms with Crippen LogP contribution < -0.4 is 29.7 Å². The highest BCUT2D eigenvalue weighted by Crippen LogP contribution is 2.44. The molecule has 2 saturated heterocycles. The lowest BCUT2D eigenvalue weighted by molar-refractivity contribution is -0.384. The van der Waals surface area contributed by atoms with Crippen LogP contribution in [0.25, 0.3) is 16.6 Å². The quantitative estimate of drug-likeness (QED) is 0.0694. The molecule has 17 heteroatoms. The summed E-state index contributed by atoms with van der Waals surface area (Å²) in [5, 5.41) is 20.4. The van der Waals surface area contributed by atoms with Gasteiger partial charge in [-0.1, -0.05) is 43.2 Å². The Bertz CT molecular complexity index is 2710. The predicted octanol–water partition coefficient (Wildman–Crippen LogP) is 8.38. The summed E-state index contributed by atoms with van der Waals surface area (Å²) < 4.78 is 42.3. The van der Waals surface area contributed by atoms with Crippen molar-refractivity contribution < 1.29 is 27.6 Å². The van der Waals surface area contributed by atoms with Crippen molar-refractivity contribution in [3.63, 3.8) is 0 Å². The highest BCUT2D eigenvalue weighted by Gasteiger charge is 2.34. The molecule has 2 aromatic heterocycles. The van der Waals surface area contributed by atoms with Crippen LogP contribution in [-0.4, -0.2) is 92.6 Å². The summed E-state index contributed by atoms with van der Waals surface area (Å²) in [6.07, 6.45) is 9.25. The van der Waals surface area contributed by atoms with E-state index < -0.39 is 31.4 Å². The number of aromatic amines is 1. The van der Waals surface area contributed by atoms with Gasteiger partial charge >= 0.3 is 0 Å². The van der Waals surface area contributed by atoms with Gasteiger partial charge in [0.1, 0.15) is 23.8 Å². The van der Waals surface area contributed by atoms with E-state index in [9.17, 15) is 23.3 Å². The second-order valence-electron chi connectivity index (χ2n) is 18.2. The number of nitro groups is 1. The molecule has 0 saturated carbocycles. The van der Waals surface area contributed by atoms with Gasteiger partial charge in [-0.15, -0.1) is 0 Å². The maximum Gasteiger partial charge on any atom is 0.297 e. The largest absolute Gasteiger partial charge is 0.489 e. The number of piperidine rings is 1. The number of ether oxygens (including phenoxy) is 2. The molecule has 336 valence electrons. The molecule has 4 N–H and O–H groups in total. The van der Waals surface area contributed by atoms with Gasteiger partial charge in [-0.2, -0.15) is 0 Å². The third-order valence-corrected chi connectivity index (χ3v) is 14.6. The van der Waals surface area contributed by atoms with E-state index in [0.29, 0.717) is 17.3 Å². The van der Waals surface area contributed by atoms with Gasteiger partial charge in [0.05, 0.1) is 27.6 Å². The van der Waals surface area contributed by atoms with Crippen LogP contribution >= 0.6 is 11.6 Å². The Morgan fingerprint density at radius 2 is 1.83 bits per heavy atom. The van der Waals surface area contributed by atoms with Crippen LogP contribution in [0, 0.1) is 21.4 Å². The zero-order valence-electron chi connectivity index (χ0n) is 36.0. The molecule has 0 radical (unpaired) electrons. The van der Waals surface area contributed by atoms with E-state index in [-0.39, 0.29) is 40.8 Å². The number of benzene rings is 3. The summed E-state index contributed by atoms with van der Waals surface area (Å²) in [5.74, 6) is -0.0258. The number of H-pyrrole nitrogens is 1. The minimum atomic E-state index is -4.64. The smallest absolute Gasteiger partial charge is 0.297 e. The molecular formula is C47H53ClN8O7S. The zero-order chi connectivity index (χ0) is 44.6. The monoisotopic (exact) mass is 908 g/mol. The van der Waals surface area contributed by atoms with Crippen LogP contribution in [-0.2, 0) is 10.0 Å².